The maximum atomic E-state index is 13.3. The number of carboxylic acids is 1. The lowest BCUT2D eigenvalue weighted by atomic mass is 10.2. The van der Waals surface area contributed by atoms with Gasteiger partial charge in [0.15, 0.2) is 11.6 Å². The molecule has 2 aromatic carbocycles. The van der Waals surface area contributed by atoms with Gasteiger partial charge in [0.05, 0.1) is 0 Å². The first-order valence-electron chi connectivity index (χ1n) is 6.11. The number of rotatable bonds is 6. The number of benzene rings is 2. The van der Waals surface area contributed by atoms with Crippen molar-refractivity contribution in [3.05, 3.63) is 58.3 Å². The predicted molar refractivity (Wildman–Crippen MR) is 78.5 cm³/mol. The fraction of sp³-hybridized carbons (Fsp3) is 0.133. The van der Waals surface area contributed by atoms with Gasteiger partial charge in [0.25, 0.3) is 0 Å². The van der Waals surface area contributed by atoms with E-state index in [4.69, 9.17) is 14.6 Å². The van der Waals surface area contributed by atoms with Crippen LogP contribution < -0.4 is 9.47 Å². The van der Waals surface area contributed by atoms with Crippen LogP contribution in [-0.2, 0) is 0 Å². The largest absolute Gasteiger partial charge is 0.489 e. The molecule has 0 aliphatic carbocycles. The van der Waals surface area contributed by atoms with E-state index in [1.807, 2.05) is 0 Å². The Bertz CT molecular complexity index is 645. The average molecular weight is 355 g/mol. The molecule has 0 amide bonds. The average Bonchev–Trinajstić information content (AvgIpc) is 2.45. The molecule has 0 aliphatic rings. The van der Waals surface area contributed by atoms with Gasteiger partial charge in [-0.25, -0.2) is 9.18 Å². The Morgan fingerprint density at radius 3 is 2.43 bits per heavy atom. The second kappa shape index (κ2) is 7.08. The lowest BCUT2D eigenvalue weighted by Gasteiger charge is -2.11. The Kier molecular flexibility index (Phi) is 5.16. The number of ether oxygens (including phenoxy) is 2. The van der Waals surface area contributed by atoms with Crippen molar-refractivity contribution in [2.45, 2.75) is 0 Å². The minimum Gasteiger partial charge on any atom is -0.489 e. The van der Waals surface area contributed by atoms with Crippen molar-refractivity contribution in [1.29, 1.82) is 0 Å². The third-order valence-corrected chi connectivity index (χ3v) is 3.10. The zero-order valence-corrected chi connectivity index (χ0v) is 12.5. The highest BCUT2D eigenvalue weighted by molar-refractivity contribution is 9.10. The normalized spacial score (nSPS) is 10.2. The second-order valence-electron chi connectivity index (χ2n) is 4.07. The molecule has 0 spiro atoms. The van der Waals surface area contributed by atoms with Gasteiger partial charge >= 0.3 is 5.97 Å². The number of hydrogen-bond acceptors (Lipinski definition) is 3. The van der Waals surface area contributed by atoms with Crippen LogP contribution in [0.25, 0.3) is 0 Å². The summed E-state index contributed by atoms with van der Waals surface area (Å²) in [4.78, 5) is 11.1. The van der Waals surface area contributed by atoms with E-state index >= 15 is 0 Å². The number of para-hydroxylation sites is 1. The molecule has 0 fully saturated rings. The van der Waals surface area contributed by atoms with E-state index in [2.05, 4.69) is 15.9 Å². The summed E-state index contributed by atoms with van der Waals surface area (Å²) in [6.45, 7) is 0.206. The standard InChI is InChI=1S/C15H12BrFO4/c16-10-5-6-11(15(18)19)14(9-10)21-8-7-20-13-4-2-1-3-12(13)17/h1-6,9H,7-8H2,(H,18,19). The van der Waals surface area contributed by atoms with Gasteiger partial charge in [-0.3, -0.25) is 0 Å². The topological polar surface area (TPSA) is 55.8 Å². The van der Waals surface area contributed by atoms with Crippen LogP contribution in [0.2, 0.25) is 0 Å². The van der Waals surface area contributed by atoms with Crippen LogP contribution in [0.3, 0.4) is 0 Å². The molecule has 110 valence electrons. The summed E-state index contributed by atoms with van der Waals surface area (Å²) in [5.74, 6) is -1.17. The number of carbonyl (C=O) groups is 1. The molecule has 0 heterocycles. The Hall–Kier alpha value is -2.08. The number of aromatic carboxylic acids is 1. The highest BCUT2D eigenvalue weighted by Crippen LogP contribution is 2.24. The third-order valence-electron chi connectivity index (χ3n) is 2.61. The highest BCUT2D eigenvalue weighted by Gasteiger charge is 2.11. The first-order chi connectivity index (χ1) is 10.1. The van der Waals surface area contributed by atoms with E-state index in [0.717, 1.165) is 0 Å². The third kappa shape index (κ3) is 4.19. The van der Waals surface area contributed by atoms with E-state index in [0.29, 0.717) is 4.47 Å². The summed E-state index contributed by atoms with van der Waals surface area (Å²) in [7, 11) is 0. The van der Waals surface area contributed by atoms with Gasteiger partial charge in [0.2, 0.25) is 0 Å². The van der Waals surface area contributed by atoms with Crippen LogP contribution >= 0.6 is 15.9 Å². The van der Waals surface area contributed by atoms with Crippen molar-refractivity contribution < 1.29 is 23.8 Å². The van der Waals surface area contributed by atoms with Crippen LogP contribution in [0.1, 0.15) is 10.4 Å². The fourth-order valence-electron chi connectivity index (χ4n) is 1.66. The molecule has 0 unspecified atom stereocenters. The smallest absolute Gasteiger partial charge is 0.339 e. The molecular weight excluding hydrogens is 343 g/mol. The second-order valence-corrected chi connectivity index (χ2v) is 4.99. The molecule has 6 heteroatoms. The minimum absolute atomic E-state index is 0.0593. The molecule has 0 saturated heterocycles. The Balaban J connectivity index is 1.93. The molecule has 21 heavy (non-hydrogen) atoms. The molecule has 4 nitrogen and oxygen atoms in total. The zero-order valence-electron chi connectivity index (χ0n) is 10.9. The maximum Gasteiger partial charge on any atom is 0.339 e. The van der Waals surface area contributed by atoms with Gasteiger partial charge in [-0.1, -0.05) is 28.1 Å². The van der Waals surface area contributed by atoms with Gasteiger partial charge in [-0.15, -0.1) is 0 Å². The first-order valence-corrected chi connectivity index (χ1v) is 6.90. The minimum atomic E-state index is -1.08. The monoisotopic (exact) mass is 354 g/mol. The SMILES string of the molecule is O=C(O)c1ccc(Br)cc1OCCOc1ccccc1F. The quantitative estimate of drug-likeness (QED) is 0.802. The van der Waals surface area contributed by atoms with Gasteiger partial charge in [-0.05, 0) is 30.3 Å². The maximum absolute atomic E-state index is 13.3. The predicted octanol–water partition coefficient (Wildman–Crippen LogP) is 3.74. The van der Waals surface area contributed by atoms with E-state index in [-0.39, 0.29) is 30.3 Å². The highest BCUT2D eigenvalue weighted by atomic mass is 79.9. The van der Waals surface area contributed by atoms with Crippen molar-refractivity contribution in [2.24, 2.45) is 0 Å². The lowest BCUT2D eigenvalue weighted by molar-refractivity contribution is 0.0691. The molecule has 0 aromatic heterocycles. The summed E-state index contributed by atoms with van der Waals surface area (Å²) < 4.78 is 24.6. The van der Waals surface area contributed by atoms with Gasteiger partial charge in [0.1, 0.15) is 24.5 Å². The van der Waals surface area contributed by atoms with Gasteiger partial charge < -0.3 is 14.6 Å². The number of carboxylic acid groups (broad SMARTS) is 1. The Labute approximate surface area is 129 Å². The van der Waals surface area contributed by atoms with E-state index < -0.39 is 11.8 Å². The van der Waals surface area contributed by atoms with Crippen LogP contribution in [0, 0.1) is 5.82 Å². The summed E-state index contributed by atoms with van der Waals surface area (Å²) >= 11 is 3.25. The van der Waals surface area contributed by atoms with Gasteiger partial charge in [0, 0.05) is 4.47 Å². The Morgan fingerprint density at radius 1 is 1.10 bits per heavy atom. The van der Waals surface area contributed by atoms with E-state index in [1.165, 1.54) is 18.2 Å². The molecule has 2 rings (SSSR count). The molecule has 0 aliphatic heterocycles. The van der Waals surface area contributed by atoms with Crippen molar-refractivity contribution in [3.63, 3.8) is 0 Å². The van der Waals surface area contributed by atoms with Crippen LogP contribution in [-0.4, -0.2) is 24.3 Å². The zero-order chi connectivity index (χ0) is 15.2. The van der Waals surface area contributed by atoms with Crippen LogP contribution in [0.15, 0.2) is 46.9 Å². The molecule has 0 saturated carbocycles. The van der Waals surface area contributed by atoms with Crippen LogP contribution in [0.5, 0.6) is 11.5 Å². The summed E-state index contributed by atoms with van der Waals surface area (Å²) in [5.41, 5.74) is 0.0593. The molecule has 2 aromatic rings. The van der Waals surface area contributed by atoms with Crippen molar-refractivity contribution in [3.8, 4) is 11.5 Å². The fourth-order valence-corrected chi connectivity index (χ4v) is 2.00. The van der Waals surface area contributed by atoms with Crippen molar-refractivity contribution in [1.82, 2.24) is 0 Å². The first kappa shape index (κ1) is 15.3. The van der Waals surface area contributed by atoms with Gasteiger partial charge in [-0.2, -0.15) is 0 Å². The molecule has 0 atom stereocenters. The molecule has 0 bridgehead atoms. The molecule has 0 radical (unpaired) electrons. The summed E-state index contributed by atoms with van der Waals surface area (Å²) in [6.07, 6.45) is 0. The van der Waals surface area contributed by atoms with Crippen molar-refractivity contribution in [2.75, 3.05) is 13.2 Å². The summed E-state index contributed by atoms with van der Waals surface area (Å²) in [5, 5.41) is 9.05. The van der Waals surface area contributed by atoms with E-state index in [1.54, 1.807) is 24.3 Å². The number of halogens is 2. The summed E-state index contributed by atoms with van der Waals surface area (Å²) in [6, 6.07) is 10.7. The number of hydrogen-bond donors (Lipinski definition) is 1. The molecule has 1 N–H and O–H groups in total. The Morgan fingerprint density at radius 2 is 1.76 bits per heavy atom. The lowest BCUT2D eigenvalue weighted by Crippen LogP contribution is -2.11. The van der Waals surface area contributed by atoms with Crippen LogP contribution in [0.4, 0.5) is 4.39 Å². The van der Waals surface area contributed by atoms with E-state index in [9.17, 15) is 9.18 Å². The van der Waals surface area contributed by atoms with Crippen molar-refractivity contribution >= 4 is 21.9 Å². The molecular formula is C15H12BrFO4.